The fourth-order valence-corrected chi connectivity index (χ4v) is 2.70. The average molecular weight is 367 g/mol. The molecule has 3 aromatic rings. The molecular weight excluding hydrogens is 346 g/mol. The minimum absolute atomic E-state index is 0.408. The number of rotatable bonds is 6. The van der Waals surface area contributed by atoms with Gasteiger partial charge in [-0.1, -0.05) is 36.4 Å². The zero-order valence-electron chi connectivity index (χ0n) is 14.8. The summed E-state index contributed by atoms with van der Waals surface area (Å²) in [4.78, 5) is 4.26. The van der Waals surface area contributed by atoms with Gasteiger partial charge in [-0.15, -0.1) is 5.10 Å². The molecule has 7 heteroatoms. The van der Waals surface area contributed by atoms with Gasteiger partial charge < -0.3 is 10.1 Å². The van der Waals surface area contributed by atoms with Crippen LogP contribution in [0.3, 0.4) is 0 Å². The zero-order valence-corrected chi connectivity index (χ0v) is 15.6. The van der Waals surface area contributed by atoms with Crippen LogP contribution in [0, 0.1) is 6.92 Å². The van der Waals surface area contributed by atoms with E-state index in [2.05, 4.69) is 39.8 Å². The fraction of sp³-hybridized carbons (Fsp3) is 0.211. The SMILES string of the molecule is CCOc1ccccc1NC(=S)Nc1ncn(Cc2ccccc2C)n1. The Morgan fingerprint density at radius 3 is 2.69 bits per heavy atom. The van der Waals surface area contributed by atoms with E-state index in [0.717, 1.165) is 11.4 Å². The molecule has 0 amide bonds. The molecule has 0 saturated carbocycles. The van der Waals surface area contributed by atoms with Crippen LogP contribution in [0.2, 0.25) is 0 Å². The van der Waals surface area contributed by atoms with E-state index in [0.29, 0.717) is 24.2 Å². The van der Waals surface area contributed by atoms with Crippen molar-refractivity contribution in [3.63, 3.8) is 0 Å². The lowest BCUT2D eigenvalue weighted by atomic mass is 10.1. The highest BCUT2D eigenvalue weighted by Gasteiger charge is 2.08. The molecule has 134 valence electrons. The summed E-state index contributed by atoms with van der Waals surface area (Å²) in [5.41, 5.74) is 3.23. The number of benzene rings is 2. The first-order valence-corrected chi connectivity index (χ1v) is 8.80. The summed E-state index contributed by atoms with van der Waals surface area (Å²) in [6.07, 6.45) is 1.69. The van der Waals surface area contributed by atoms with Crippen molar-refractivity contribution >= 4 is 29.0 Å². The molecule has 0 atom stereocenters. The topological polar surface area (TPSA) is 64.0 Å². The number of hydrogen-bond acceptors (Lipinski definition) is 4. The van der Waals surface area contributed by atoms with Gasteiger partial charge in [-0.2, -0.15) is 0 Å². The molecule has 1 aromatic heterocycles. The first kappa shape index (κ1) is 17.9. The molecule has 0 aliphatic heterocycles. The van der Waals surface area contributed by atoms with Crippen molar-refractivity contribution in [2.24, 2.45) is 0 Å². The van der Waals surface area contributed by atoms with Crippen LogP contribution in [-0.2, 0) is 6.54 Å². The average Bonchev–Trinajstić information content (AvgIpc) is 3.06. The molecule has 1 heterocycles. The van der Waals surface area contributed by atoms with Crippen LogP contribution in [-0.4, -0.2) is 26.5 Å². The first-order valence-electron chi connectivity index (χ1n) is 8.39. The molecule has 2 N–H and O–H groups in total. The van der Waals surface area contributed by atoms with Crippen molar-refractivity contribution in [3.8, 4) is 5.75 Å². The lowest BCUT2D eigenvalue weighted by molar-refractivity contribution is 0.342. The Kier molecular flexibility index (Phi) is 5.80. The molecular formula is C19H21N5OS. The predicted molar refractivity (Wildman–Crippen MR) is 108 cm³/mol. The molecule has 0 aliphatic rings. The molecule has 0 fully saturated rings. The van der Waals surface area contributed by atoms with Gasteiger partial charge in [0, 0.05) is 0 Å². The van der Waals surface area contributed by atoms with Gasteiger partial charge in [0.05, 0.1) is 18.8 Å². The van der Waals surface area contributed by atoms with Crippen LogP contribution in [0.15, 0.2) is 54.9 Å². The molecule has 0 bridgehead atoms. The van der Waals surface area contributed by atoms with Crippen molar-refractivity contribution in [3.05, 3.63) is 66.0 Å². The number of para-hydroxylation sites is 2. The highest BCUT2D eigenvalue weighted by Crippen LogP contribution is 2.23. The molecule has 0 spiro atoms. The van der Waals surface area contributed by atoms with E-state index < -0.39 is 0 Å². The van der Waals surface area contributed by atoms with Gasteiger partial charge in [-0.05, 0) is 49.3 Å². The molecule has 6 nitrogen and oxygen atoms in total. The molecule has 0 radical (unpaired) electrons. The van der Waals surface area contributed by atoms with Crippen LogP contribution >= 0.6 is 12.2 Å². The predicted octanol–water partition coefficient (Wildman–Crippen LogP) is 3.84. The number of anilines is 2. The largest absolute Gasteiger partial charge is 0.492 e. The quantitative estimate of drug-likeness (QED) is 0.646. The number of nitrogens with zero attached hydrogens (tertiary/aromatic N) is 3. The summed E-state index contributed by atoms with van der Waals surface area (Å²) in [5, 5.41) is 11.0. The Labute approximate surface area is 158 Å². The van der Waals surface area contributed by atoms with E-state index in [-0.39, 0.29) is 0 Å². The summed E-state index contributed by atoms with van der Waals surface area (Å²) < 4.78 is 7.36. The Hall–Kier alpha value is -2.93. The number of hydrogen-bond donors (Lipinski definition) is 2. The Bertz CT molecular complexity index is 893. The minimum atomic E-state index is 0.408. The standard InChI is InChI=1S/C19H21N5OS/c1-3-25-17-11-7-6-10-16(17)21-19(26)22-18-20-13-24(23-18)12-15-9-5-4-8-14(15)2/h4-11,13H,3,12H2,1-2H3,(H2,21,22,23,26). The summed E-state index contributed by atoms with van der Waals surface area (Å²) in [5.74, 6) is 1.20. The van der Waals surface area contributed by atoms with Crippen molar-refractivity contribution in [2.75, 3.05) is 17.2 Å². The fourth-order valence-electron chi connectivity index (χ4n) is 2.50. The van der Waals surface area contributed by atoms with Gasteiger partial charge in [-0.3, -0.25) is 5.32 Å². The number of thiocarbonyl (C=S) groups is 1. The third-order valence-corrected chi connectivity index (χ3v) is 3.99. The van der Waals surface area contributed by atoms with Gasteiger partial charge in [-0.25, -0.2) is 9.67 Å². The normalized spacial score (nSPS) is 10.4. The number of nitrogens with one attached hydrogen (secondary N) is 2. The second-order valence-corrected chi connectivity index (χ2v) is 6.11. The lowest BCUT2D eigenvalue weighted by Gasteiger charge is -2.12. The van der Waals surface area contributed by atoms with Crippen LogP contribution in [0.4, 0.5) is 11.6 Å². The molecule has 0 unspecified atom stereocenters. The second kappa shape index (κ2) is 8.44. The molecule has 3 rings (SSSR count). The van der Waals surface area contributed by atoms with Crippen LogP contribution in [0.25, 0.3) is 0 Å². The van der Waals surface area contributed by atoms with E-state index in [1.807, 2.05) is 43.3 Å². The highest BCUT2D eigenvalue weighted by molar-refractivity contribution is 7.80. The number of ether oxygens (including phenoxy) is 1. The molecule has 26 heavy (non-hydrogen) atoms. The van der Waals surface area contributed by atoms with Crippen molar-refractivity contribution in [1.82, 2.24) is 14.8 Å². The van der Waals surface area contributed by atoms with Crippen LogP contribution < -0.4 is 15.4 Å². The van der Waals surface area contributed by atoms with Crippen LogP contribution in [0.5, 0.6) is 5.75 Å². The van der Waals surface area contributed by atoms with E-state index >= 15 is 0 Å². The smallest absolute Gasteiger partial charge is 0.248 e. The summed E-state index contributed by atoms with van der Waals surface area (Å²) in [6, 6.07) is 15.8. The third kappa shape index (κ3) is 4.58. The van der Waals surface area contributed by atoms with Crippen molar-refractivity contribution < 1.29 is 4.74 Å². The van der Waals surface area contributed by atoms with Gasteiger partial charge in [0.1, 0.15) is 12.1 Å². The highest BCUT2D eigenvalue weighted by atomic mass is 32.1. The van der Waals surface area contributed by atoms with Crippen molar-refractivity contribution in [2.45, 2.75) is 20.4 Å². The zero-order chi connectivity index (χ0) is 18.4. The van der Waals surface area contributed by atoms with Crippen molar-refractivity contribution in [1.29, 1.82) is 0 Å². The lowest BCUT2D eigenvalue weighted by Crippen LogP contribution is -2.20. The maximum Gasteiger partial charge on any atom is 0.248 e. The second-order valence-electron chi connectivity index (χ2n) is 5.70. The van der Waals surface area contributed by atoms with Crippen LogP contribution in [0.1, 0.15) is 18.1 Å². The van der Waals surface area contributed by atoms with Gasteiger partial charge in [0.2, 0.25) is 5.95 Å². The molecule has 0 aliphatic carbocycles. The van der Waals surface area contributed by atoms with Gasteiger partial charge in [0.15, 0.2) is 5.11 Å². The third-order valence-electron chi connectivity index (χ3n) is 3.79. The monoisotopic (exact) mass is 367 g/mol. The van der Waals surface area contributed by atoms with E-state index in [9.17, 15) is 0 Å². The molecule has 2 aromatic carbocycles. The summed E-state index contributed by atoms with van der Waals surface area (Å²) >= 11 is 5.35. The number of aromatic nitrogens is 3. The van der Waals surface area contributed by atoms with E-state index in [1.54, 1.807) is 11.0 Å². The Balaban J connectivity index is 1.62. The maximum atomic E-state index is 5.58. The van der Waals surface area contributed by atoms with E-state index in [4.69, 9.17) is 17.0 Å². The first-order chi connectivity index (χ1) is 12.7. The Morgan fingerprint density at radius 1 is 1.12 bits per heavy atom. The minimum Gasteiger partial charge on any atom is -0.492 e. The maximum absolute atomic E-state index is 5.58. The number of aryl methyl sites for hydroxylation is 1. The van der Waals surface area contributed by atoms with Gasteiger partial charge in [0.25, 0.3) is 0 Å². The summed E-state index contributed by atoms with van der Waals surface area (Å²) in [6.45, 7) is 5.27. The van der Waals surface area contributed by atoms with E-state index in [1.165, 1.54) is 11.1 Å². The summed E-state index contributed by atoms with van der Waals surface area (Å²) in [7, 11) is 0. The molecule has 0 saturated heterocycles. The van der Waals surface area contributed by atoms with Gasteiger partial charge >= 0.3 is 0 Å². The Morgan fingerprint density at radius 2 is 1.88 bits per heavy atom.